The molecule has 98 valence electrons. The van der Waals surface area contributed by atoms with Crippen LogP contribution in [0.5, 0.6) is 0 Å². The number of aryl methyl sites for hydroxylation is 2. The van der Waals surface area contributed by atoms with Crippen molar-refractivity contribution in [1.82, 2.24) is 18.7 Å². The van der Waals surface area contributed by atoms with E-state index in [0.717, 1.165) is 4.57 Å². The molecule has 18 heavy (non-hydrogen) atoms. The molecule has 0 aliphatic carbocycles. The molecule has 0 atom stereocenters. The van der Waals surface area contributed by atoms with Gasteiger partial charge in [0.05, 0.1) is 6.33 Å². The molecular weight excluding hydrogens is 253 g/mol. The molecule has 2 aromatic heterocycles. The summed E-state index contributed by atoms with van der Waals surface area (Å²) in [6, 6.07) is 0. The first-order valence-electron chi connectivity index (χ1n) is 4.90. The fraction of sp³-hybridized carbons (Fsp3) is 0.444. The number of rotatable bonds is 1. The van der Waals surface area contributed by atoms with Gasteiger partial charge in [-0.05, 0) is 0 Å². The van der Waals surface area contributed by atoms with Crippen molar-refractivity contribution in [1.29, 1.82) is 0 Å². The first kappa shape index (κ1) is 12.4. The third-order valence-electron chi connectivity index (χ3n) is 2.54. The Morgan fingerprint density at radius 3 is 2.44 bits per heavy atom. The van der Waals surface area contributed by atoms with Gasteiger partial charge in [0, 0.05) is 14.1 Å². The summed E-state index contributed by atoms with van der Waals surface area (Å²) in [5.74, 6) is 0. The van der Waals surface area contributed by atoms with Gasteiger partial charge in [0.15, 0.2) is 11.2 Å². The Balaban J connectivity index is 2.86. The van der Waals surface area contributed by atoms with Crippen LogP contribution in [0.15, 0.2) is 15.9 Å². The highest BCUT2D eigenvalue weighted by molar-refractivity contribution is 5.69. The van der Waals surface area contributed by atoms with Crippen molar-refractivity contribution in [2.75, 3.05) is 0 Å². The lowest BCUT2D eigenvalue weighted by molar-refractivity contribution is -0.141. The predicted octanol–water partition coefficient (Wildman–Crippen LogP) is -0.00400. The average molecular weight is 262 g/mol. The number of hydrogen-bond acceptors (Lipinski definition) is 3. The SMILES string of the molecule is Cn1cnc2c1c(=O)n(CC(F)(F)F)c(=O)n2C. The monoisotopic (exact) mass is 262 g/mol. The minimum absolute atomic E-state index is 0.0404. The maximum absolute atomic E-state index is 12.3. The van der Waals surface area contributed by atoms with Crippen LogP contribution in [-0.4, -0.2) is 24.9 Å². The summed E-state index contributed by atoms with van der Waals surface area (Å²) >= 11 is 0. The summed E-state index contributed by atoms with van der Waals surface area (Å²) in [7, 11) is 2.74. The fourth-order valence-electron chi connectivity index (χ4n) is 1.71. The number of hydrogen-bond donors (Lipinski definition) is 0. The first-order chi connectivity index (χ1) is 8.22. The van der Waals surface area contributed by atoms with Crippen LogP contribution in [0, 0.1) is 0 Å². The Bertz CT molecular complexity index is 722. The quantitative estimate of drug-likeness (QED) is 0.726. The maximum Gasteiger partial charge on any atom is 0.406 e. The van der Waals surface area contributed by atoms with Crippen LogP contribution < -0.4 is 11.2 Å². The van der Waals surface area contributed by atoms with Gasteiger partial charge in [-0.2, -0.15) is 13.2 Å². The van der Waals surface area contributed by atoms with E-state index in [0.29, 0.717) is 0 Å². The molecule has 2 aromatic rings. The van der Waals surface area contributed by atoms with Crippen LogP contribution in [0.1, 0.15) is 0 Å². The standard InChI is InChI=1S/C9H9F3N4O2/c1-14-4-13-6-5(14)7(17)16(3-9(10,11)12)8(18)15(6)2/h4H,3H2,1-2H3. The minimum Gasteiger partial charge on any atom is -0.328 e. The van der Waals surface area contributed by atoms with Crippen LogP contribution in [-0.2, 0) is 20.6 Å². The third-order valence-corrected chi connectivity index (χ3v) is 2.54. The Morgan fingerprint density at radius 1 is 1.28 bits per heavy atom. The number of alkyl halides is 3. The van der Waals surface area contributed by atoms with Gasteiger partial charge in [-0.3, -0.25) is 9.36 Å². The predicted molar refractivity (Wildman–Crippen MR) is 56.3 cm³/mol. The molecule has 0 aromatic carbocycles. The summed E-state index contributed by atoms with van der Waals surface area (Å²) in [6.07, 6.45) is -3.37. The van der Waals surface area contributed by atoms with Crippen molar-refractivity contribution in [3.05, 3.63) is 27.2 Å². The van der Waals surface area contributed by atoms with Crippen LogP contribution in [0.2, 0.25) is 0 Å². The van der Waals surface area contributed by atoms with Gasteiger partial charge in [-0.25, -0.2) is 14.3 Å². The molecular formula is C9H9F3N4O2. The van der Waals surface area contributed by atoms with E-state index in [4.69, 9.17) is 0 Å². The molecule has 0 aliphatic heterocycles. The van der Waals surface area contributed by atoms with Crippen LogP contribution in [0.4, 0.5) is 13.2 Å². The summed E-state index contributed by atoms with van der Waals surface area (Å²) in [5.41, 5.74) is -2.01. The van der Waals surface area contributed by atoms with Gasteiger partial charge in [0.25, 0.3) is 5.56 Å². The summed E-state index contributed by atoms with van der Waals surface area (Å²) in [4.78, 5) is 27.3. The van der Waals surface area contributed by atoms with E-state index in [2.05, 4.69) is 4.98 Å². The second-order valence-corrected chi connectivity index (χ2v) is 3.88. The molecule has 0 saturated carbocycles. The van der Waals surface area contributed by atoms with Crippen molar-refractivity contribution >= 4 is 11.2 Å². The van der Waals surface area contributed by atoms with E-state index < -0.39 is 24.0 Å². The zero-order valence-electron chi connectivity index (χ0n) is 9.52. The fourth-order valence-corrected chi connectivity index (χ4v) is 1.71. The topological polar surface area (TPSA) is 61.8 Å². The number of halogens is 3. The molecule has 0 amide bonds. The van der Waals surface area contributed by atoms with E-state index >= 15 is 0 Å². The van der Waals surface area contributed by atoms with Crippen molar-refractivity contribution < 1.29 is 13.2 Å². The van der Waals surface area contributed by atoms with Crippen LogP contribution in [0.3, 0.4) is 0 Å². The smallest absolute Gasteiger partial charge is 0.328 e. The zero-order valence-corrected chi connectivity index (χ0v) is 9.52. The second kappa shape index (κ2) is 3.72. The molecule has 9 heteroatoms. The zero-order chi connectivity index (χ0) is 13.7. The lowest BCUT2D eigenvalue weighted by atomic mass is 10.5. The van der Waals surface area contributed by atoms with E-state index in [9.17, 15) is 22.8 Å². The normalized spacial score (nSPS) is 12.3. The summed E-state index contributed by atoms with van der Waals surface area (Å²) in [5, 5.41) is 0. The van der Waals surface area contributed by atoms with E-state index in [1.807, 2.05) is 0 Å². The molecule has 6 nitrogen and oxygen atoms in total. The van der Waals surface area contributed by atoms with Crippen molar-refractivity contribution in [3.63, 3.8) is 0 Å². The molecule has 2 rings (SSSR count). The summed E-state index contributed by atoms with van der Waals surface area (Å²) in [6.45, 7) is -1.61. The van der Waals surface area contributed by atoms with E-state index in [1.165, 1.54) is 25.0 Å². The first-order valence-corrected chi connectivity index (χ1v) is 4.90. The number of nitrogens with zero attached hydrogens (tertiary/aromatic N) is 4. The molecule has 0 bridgehead atoms. The third kappa shape index (κ3) is 1.81. The van der Waals surface area contributed by atoms with Gasteiger partial charge < -0.3 is 4.57 Å². The van der Waals surface area contributed by atoms with Gasteiger partial charge in [-0.15, -0.1) is 0 Å². The Hall–Kier alpha value is -2.06. The molecule has 0 radical (unpaired) electrons. The average Bonchev–Trinajstić information content (AvgIpc) is 2.62. The van der Waals surface area contributed by atoms with E-state index in [1.54, 1.807) is 0 Å². The minimum atomic E-state index is -4.64. The van der Waals surface area contributed by atoms with Crippen molar-refractivity contribution in [2.45, 2.75) is 12.7 Å². The summed E-state index contributed by atoms with van der Waals surface area (Å²) < 4.78 is 39.3. The van der Waals surface area contributed by atoms with Gasteiger partial charge in [0.2, 0.25) is 0 Å². The molecule has 2 heterocycles. The number of fused-ring (bicyclic) bond motifs is 1. The second-order valence-electron chi connectivity index (χ2n) is 3.88. The highest BCUT2D eigenvalue weighted by Crippen LogP contribution is 2.15. The number of aromatic nitrogens is 4. The van der Waals surface area contributed by atoms with Crippen molar-refractivity contribution in [3.8, 4) is 0 Å². The van der Waals surface area contributed by atoms with E-state index in [-0.39, 0.29) is 15.7 Å². The number of imidazole rings is 1. The molecule has 0 spiro atoms. The maximum atomic E-state index is 12.3. The Labute approximate surface area is 97.9 Å². The van der Waals surface area contributed by atoms with Gasteiger partial charge >= 0.3 is 11.9 Å². The molecule has 0 fully saturated rings. The lowest BCUT2D eigenvalue weighted by Crippen LogP contribution is -2.42. The molecule has 0 N–H and O–H groups in total. The van der Waals surface area contributed by atoms with Crippen LogP contribution >= 0.6 is 0 Å². The highest BCUT2D eigenvalue weighted by atomic mass is 19.4. The Kier molecular flexibility index (Phi) is 2.56. The van der Waals surface area contributed by atoms with Crippen molar-refractivity contribution in [2.24, 2.45) is 14.1 Å². The highest BCUT2D eigenvalue weighted by Gasteiger charge is 2.30. The molecule has 0 unspecified atom stereocenters. The van der Waals surface area contributed by atoms with Gasteiger partial charge in [0.1, 0.15) is 6.54 Å². The molecule has 0 aliphatic rings. The Morgan fingerprint density at radius 2 is 1.89 bits per heavy atom. The van der Waals surface area contributed by atoms with Crippen LogP contribution in [0.25, 0.3) is 11.2 Å². The largest absolute Gasteiger partial charge is 0.406 e. The lowest BCUT2D eigenvalue weighted by Gasteiger charge is -2.10. The van der Waals surface area contributed by atoms with Gasteiger partial charge in [-0.1, -0.05) is 0 Å². The molecule has 0 saturated heterocycles.